The Bertz CT molecular complexity index is 307. The number of rotatable bonds is 2. The Kier molecular flexibility index (Phi) is 2.39. The van der Waals surface area contributed by atoms with Crippen molar-refractivity contribution in [2.45, 2.75) is 12.5 Å². The van der Waals surface area contributed by atoms with E-state index in [1.807, 2.05) is 6.92 Å². The van der Waals surface area contributed by atoms with Crippen molar-refractivity contribution in [3.05, 3.63) is 5.69 Å². The van der Waals surface area contributed by atoms with Gasteiger partial charge < -0.3 is 14.8 Å². The van der Waals surface area contributed by atoms with E-state index in [9.17, 15) is 0 Å². The van der Waals surface area contributed by atoms with Crippen molar-refractivity contribution in [3.8, 4) is 5.88 Å². The van der Waals surface area contributed by atoms with Gasteiger partial charge in [-0.15, -0.1) is 0 Å². The van der Waals surface area contributed by atoms with E-state index in [1.54, 1.807) is 0 Å². The van der Waals surface area contributed by atoms with Crippen LogP contribution in [0.5, 0.6) is 5.88 Å². The predicted molar refractivity (Wildman–Crippen MR) is 47.0 cm³/mol. The van der Waals surface area contributed by atoms with Crippen LogP contribution in [0.1, 0.15) is 12.6 Å². The normalized spacial score (nSPS) is 27.6. The molecule has 6 heteroatoms. The monoisotopic (exact) mass is 199 g/mol. The highest BCUT2D eigenvalue weighted by molar-refractivity contribution is 5.22. The van der Waals surface area contributed by atoms with E-state index in [0.29, 0.717) is 24.7 Å². The number of morpholine rings is 1. The summed E-state index contributed by atoms with van der Waals surface area (Å²) >= 11 is 0. The summed E-state index contributed by atoms with van der Waals surface area (Å²) in [5.41, 5.74) is 0.0936. The zero-order valence-corrected chi connectivity index (χ0v) is 8.24. The van der Waals surface area contributed by atoms with Crippen molar-refractivity contribution < 1.29 is 14.1 Å². The van der Waals surface area contributed by atoms with E-state index in [4.69, 9.17) is 9.47 Å². The molecule has 0 radical (unpaired) electrons. The summed E-state index contributed by atoms with van der Waals surface area (Å²) in [6, 6.07) is 0. The quantitative estimate of drug-likeness (QED) is 0.718. The Labute approximate surface area is 81.5 Å². The second-order valence-corrected chi connectivity index (χ2v) is 3.38. The highest BCUT2D eigenvalue weighted by Crippen LogP contribution is 2.30. The molecule has 0 spiro atoms. The van der Waals surface area contributed by atoms with Crippen LogP contribution in [0.15, 0.2) is 4.63 Å². The predicted octanol–water partition coefficient (Wildman–Crippen LogP) is -0.0868. The summed E-state index contributed by atoms with van der Waals surface area (Å²) in [5, 5.41) is 10.7. The molecule has 0 aromatic carbocycles. The van der Waals surface area contributed by atoms with E-state index in [0.717, 1.165) is 6.54 Å². The third kappa shape index (κ3) is 1.46. The molecule has 0 aliphatic carbocycles. The molecule has 1 atom stereocenters. The topological polar surface area (TPSA) is 69.4 Å². The summed E-state index contributed by atoms with van der Waals surface area (Å²) in [5.74, 6) is 0.385. The first-order valence-corrected chi connectivity index (χ1v) is 4.48. The number of nitrogens with zero attached hydrogens (tertiary/aromatic N) is 2. The van der Waals surface area contributed by atoms with Crippen LogP contribution >= 0.6 is 0 Å². The summed E-state index contributed by atoms with van der Waals surface area (Å²) in [6.07, 6.45) is 0. The van der Waals surface area contributed by atoms with Crippen molar-refractivity contribution in [2.75, 3.05) is 26.8 Å². The molecule has 0 saturated carbocycles. The molecule has 6 nitrogen and oxygen atoms in total. The number of hydrogen-bond donors (Lipinski definition) is 1. The standard InChI is InChI=1S/C8H13N3O3/c1-8(5-9-3-4-13-8)6-7(12-2)11-14-10-6/h9H,3-5H2,1-2H3. The van der Waals surface area contributed by atoms with Gasteiger partial charge in [0.05, 0.1) is 13.7 Å². The first-order chi connectivity index (χ1) is 6.76. The molecule has 1 aliphatic rings. The third-order valence-electron chi connectivity index (χ3n) is 2.31. The lowest BCUT2D eigenvalue weighted by Crippen LogP contribution is -2.45. The number of ether oxygens (including phenoxy) is 2. The van der Waals surface area contributed by atoms with Crippen molar-refractivity contribution in [1.29, 1.82) is 0 Å². The SMILES string of the molecule is COc1nonc1C1(C)CNCCO1. The van der Waals surface area contributed by atoms with E-state index in [2.05, 4.69) is 20.3 Å². The maximum Gasteiger partial charge on any atom is 0.281 e. The maximum atomic E-state index is 5.65. The van der Waals surface area contributed by atoms with Crippen LogP contribution < -0.4 is 10.1 Å². The maximum absolute atomic E-state index is 5.65. The molecule has 1 saturated heterocycles. The fourth-order valence-electron chi connectivity index (χ4n) is 1.52. The van der Waals surface area contributed by atoms with Gasteiger partial charge in [-0.1, -0.05) is 0 Å². The number of hydrogen-bond acceptors (Lipinski definition) is 6. The Morgan fingerprint density at radius 1 is 1.50 bits per heavy atom. The zero-order valence-electron chi connectivity index (χ0n) is 8.24. The number of methoxy groups -OCH3 is 1. The average molecular weight is 199 g/mol. The zero-order chi connectivity index (χ0) is 10.0. The van der Waals surface area contributed by atoms with Crippen molar-refractivity contribution in [2.24, 2.45) is 0 Å². The van der Waals surface area contributed by atoms with Gasteiger partial charge in [0.15, 0.2) is 5.69 Å². The van der Waals surface area contributed by atoms with E-state index in [1.165, 1.54) is 7.11 Å². The van der Waals surface area contributed by atoms with Gasteiger partial charge in [-0.3, -0.25) is 0 Å². The van der Waals surface area contributed by atoms with Crippen LogP contribution in [0.4, 0.5) is 0 Å². The van der Waals surface area contributed by atoms with Crippen LogP contribution in [0.2, 0.25) is 0 Å². The molecule has 1 aliphatic heterocycles. The van der Waals surface area contributed by atoms with Gasteiger partial charge in [0.1, 0.15) is 5.60 Å². The summed E-state index contributed by atoms with van der Waals surface area (Å²) in [4.78, 5) is 0. The van der Waals surface area contributed by atoms with Crippen LogP contribution in [-0.4, -0.2) is 37.1 Å². The summed E-state index contributed by atoms with van der Waals surface area (Å²) < 4.78 is 15.3. The van der Waals surface area contributed by atoms with Gasteiger partial charge in [-0.2, -0.15) is 0 Å². The van der Waals surface area contributed by atoms with Crippen molar-refractivity contribution in [3.63, 3.8) is 0 Å². The summed E-state index contributed by atoms with van der Waals surface area (Å²) in [6.45, 7) is 4.11. The molecule has 2 heterocycles. The molecule has 0 amide bonds. The van der Waals surface area contributed by atoms with Gasteiger partial charge in [-0.05, 0) is 17.2 Å². The van der Waals surface area contributed by atoms with Gasteiger partial charge in [0, 0.05) is 13.1 Å². The number of aromatic nitrogens is 2. The fraction of sp³-hybridized carbons (Fsp3) is 0.750. The molecule has 1 fully saturated rings. The van der Waals surface area contributed by atoms with Crippen LogP contribution in [-0.2, 0) is 10.3 Å². The second-order valence-electron chi connectivity index (χ2n) is 3.38. The highest BCUT2D eigenvalue weighted by Gasteiger charge is 2.37. The smallest absolute Gasteiger partial charge is 0.281 e. The molecule has 14 heavy (non-hydrogen) atoms. The van der Waals surface area contributed by atoms with Crippen LogP contribution in [0, 0.1) is 0 Å². The van der Waals surface area contributed by atoms with Gasteiger partial charge >= 0.3 is 0 Å². The van der Waals surface area contributed by atoms with E-state index in [-0.39, 0.29) is 0 Å². The van der Waals surface area contributed by atoms with Crippen molar-refractivity contribution in [1.82, 2.24) is 15.6 Å². The molecular weight excluding hydrogens is 186 g/mol. The van der Waals surface area contributed by atoms with E-state index >= 15 is 0 Å². The average Bonchev–Trinajstić information content (AvgIpc) is 2.67. The van der Waals surface area contributed by atoms with Gasteiger partial charge in [0.2, 0.25) is 0 Å². The summed E-state index contributed by atoms with van der Waals surface area (Å²) in [7, 11) is 1.53. The van der Waals surface area contributed by atoms with Crippen LogP contribution in [0.25, 0.3) is 0 Å². The minimum absolute atomic E-state index is 0.385. The van der Waals surface area contributed by atoms with Gasteiger partial charge in [0.25, 0.3) is 5.88 Å². The molecule has 1 N–H and O–H groups in total. The second kappa shape index (κ2) is 3.55. The molecule has 0 bridgehead atoms. The third-order valence-corrected chi connectivity index (χ3v) is 2.31. The molecule has 1 aromatic heterocycles. The Balaban J connectivity index is 2.27. The molecule has 78 valence electrons. The first kappa shape index (κ1) is 9.42. The molecule has 1 unspecified atom stereocenters. The highest BCUT2D eigenvalue weighted by atomic mass is 16.6. The molecule has 2 rings (SSSR count). The largest absolute Gasteiger partial charge is 0.477 e. The lowest BCUT2D eigenvalue weighted by Gasteiger charge is -2.32. The van der Waals surface area contributed by atoms with Gasteiger partial charge in [-0.25, -0.2) is 4.63 Å². The van der Waals surface area contributed by atoms with Crippen molar-refractivity contribution >= 4 is 0 Å². The van der Waals surface area contributed by atoms with Crippen LogP contribution in [0.3, 0.4) is 0 Å². The minimum Gasteiger partial charge on any atom is -0.477 e. The Hall–Kier alpha value is -1.14. The lowest BCUT2D eigenvalue weighted by molar-refractivity contribution is -0.0627. The lowest BCUT2D eigenvalue weighted by atomic mass is 10.0. The fourth-order valence-corrected chi connectivity index (χ4v) is 1.52. The Morgan fingerprint density at radius 3 is 3.00 bits per heavy atom. The molecular formula is C8H13N3O3. The minimum atomic E-state index is -0.510. The molecule has 1 aromatic rings. The first-order valence-electron chi connectivity index (χ1n) is 4.48. The van der Waals surface area contributed by atoms with E-state index < -0.39 is 5.60 Å². The number of nitrogens with one attached hydrogen (secondary N) is 1. The Morgan fingerprint density at radius 2 is 2.36 bits per heavy atom.